The van der Waals surface area contributed by atoms with E-state index < -0.39 is 22.7 Å². The zero-order valence-electron chi connectivity index (χ0n) is 36.6. The van der Waals surface area contributed by atoms with Crippen molar-refractivity contribution in [3.63, 3.8) is 0 Å². The molecule has 1 amide bonds. The number of aryl methyl sites for hydroxylation is 1. The molecule has 1 aromatic heterocycles. The molecular formula is C51H58N4O9. The highest BCUT2D eigenvalue weighted by atomic mass is 16.7. The summed E-state index contributed by atoms with van der Waals surface area (Å²) in [5.41, 5.74) is 5.79. The molecule has 3 aromatic carbocycles. The second kappa shape index (κ2) is 21.5. The van der Waals surface area contributed by atoms with Gasteiger partial charge in [0.2, 0.25) is 11.7 Å². The number of benzene rings is 3. The Morgan fingerprint density at radius 1 is 1.00 bits per heavy atom. The number of fused-ring (bicyclic) bond motifs is 2. The van der Waals surface area contributed by atoms with E-state index in [2.05, 4.69) is 23.7 Å². The molecule has 13 heteroatoms. The van der Waals surface area contributed by atoms with Gasteiger partial charge in [0.15, 0.2) is 0 Å². The molecule has 1 saturated carbocycles. The van der Waals surface area contributed by atoms with Crippen molar-refractivity contribution in [1.29, 1.82) is 0 Å². The summed E-state index contributed by atoms with van der Waals surface area (Å²) >= 11 is 0. The van der Waals surface area contributed by atoms with E-state index in [4.69, 9.17) is 24.2 Å². The first-order valence-corrected chi connectivity index (χ1v) is 22.1. The van der Waals surface area contributed by atoms with E-state index in [0.717, 1.165) is 53.8 Å². The molecule has 13 nitrogen and oxygen atoms in total. The van der Waals surface area contributed by atoms with Gasteiger partial charge in [0, 0.05) is 62.1 Å². The Hall–Kier alpha value is -6.15. The molecule has 1 aliphatic heterocycles. The average molecular weight is 871 g/mol. The van der Waals surface area contributed by atoms with Gasteiger partial charge in [-0.05, 0) is 110 Å². The smallest absolute Gasteiger partial charge is 0.269 e. The minimum absolute atomic E-state index is 0.0373. The number of unbranched alkanes of at least 4 members (excludes halogenated alkanes) is 2. The third-order valence-electron chi connectivity index (χ3n) is 12.6. The molecule has 6 unspecified atom stereocenters. The van der Waals surface area contributed by atoms with Crippen molar-refractivity contribution in [3.05, 3.63) is 160 Å². The van der Waals surface area contributed by atoms with Gasteiger partial charge in [0.1, 0.15) is 30.8 Å². The monoisotopic (exact) mass is 870 g/mol. The number of aliphatic hydroxyl groups is 2. The van der Waals surface area contributed by atoms with Gasteiger partial charge in [-0.1, -0.05) is 66.5 Å². The van der Waals surface area contributed by atoms with E-state index in [9.17, 15) is 25.1 Å². The van der Waals surface area contributed by atoms with E-state index in [1.807, 2.05) is 67.6 Å². The van der Waals surface area contributed by atoms with Gasteiger partial charge >= 0.3 is 0 Å². The molecule has 6 atom stereocenters. The predicted molar refractivity (Wildman–Crippen MR) is 244 cm³/mol. The molecule has 336 valence electrons. The largest absolute Gasteiger partial charge is 0.487 e. The Morgan fingerprint density at radius 2 is 1.77 bits per heavy atom. The van der Waals surface area contributed by atoms with E-state index in [1.54, 1.807) is 36.2 Å². The maximum absolute atomic E-state index is 14.4. The molecule has 4 aromatic rings. The molecule has 2 aliphatic carbocycles. The number of likely N-dealkylation sites (N-methyl/N-ethyl adjacent to an activating group) is 1. The van der Waals surface area contributed by atoms with Crippen LogP contribution in [0.3, 0.4) is 0 Å². The van der Waals surface area contributed by atoms with E-state index in [1.165, 1.54) is 18.2 Å². The van der Waals surface area contributed by atoms with Crippen LogP contribution in [0.1, 0.15) is 78.9 Å². The number of ether oxygens (including phenoxy) is 3. The van der Waals surface area contributed by atoms with Gasteiger partial charge in [-0.3, -0.25) is 19.9 Å². The zero-order valence-corrected chi connectivity index (χ0v) is 36.6. The standard InChI is InChI=1S/C51H58N4O9/c1-4-29-62-51-47(54(3)48(58)26-21-36-19-22-40(23-20-36)55(59)60)32-45(53-63-33-37-14-6-5-7-15-37)43-30-38(16-8-10-27-56)42(18-9-11-28-57)49(50(43)51)44-31-41(24-25-46(44)64-51)61-34-39-17-12-13-35(2)52-39/h4-7,12-15,17,19-26,30-31,38,42,47,49-50,56-57H,1,8-11,16,18,27-29,32-34H2,2-3H3. The van der Waals surface area contributed by atoms with E-state index in [-0.39, 0.29) is 68.8 Å². The minimum atomic E-state index is -1.43. The number of hydrogen-bond acceptors (Lipinski definition) is 11. The molecule has 2 heterocycles. The lowest BCUT2D eigenvalue weighted by Crippen LogP contribution is -2.69. The van der Waals surface area contributed by atoms with Crippen LogP contribution in [0.4, 0.5) is 5.69 Å². The van der Waals surface area contributed by atoms with Crippen LogP contribution in [-0.4, -0.2) is 75.3 Å². The van der Waals surface area contributed by atoms with Crippen molar-refractivity contribution in [2.45, 2.75) is 82.8 Å². The maximum atomic E-state index is 14.4. The fourth-order valence-corrected chi connectivity index (χ4v) is 9.56. The van der Waals surface area contributed by atoms with Crippen LogP contribution in [0, 0.1) is 34.8 Å². The van der Waals surface area contributed by atoms with Crippen LogP contribution in [0.2, 0.25) is 0 Å². The first kappa shape index (κ1) is 45.9. The molecule has 0 saturated heterocycles. The predicted octanol–water partition coefficient (Wildman–Crippen LogP) is 8.88. The molecular weight excluding hydrogens is 813 g/mol. The van der Waals surface area contributed by atoms with E-state index in [0.29, 0.717) is 35.6 Å². The topological polar surface area (TPSA) is 166 Å². The van der Waals surface area contributed by atoms with Crippen molar-refractivity contribution >= 4 is 23.4 Å². The second-order valence-electron chi connectivity index (χ2n) is 16.7. The highest BCUT2D eigenvalue weighted by Crippen LogP contribution is 2.62. The molecule has 64 heavy (non-hydrogen) atoms. The Kier molecular flexibility index (Phi) is 15.4. The van der Waals surface area contributed by atoms with Gasteiger partial charge < -0.3 is 34.2 Å². The molecule has 0 spiro atoms. The van der Waals surface area contributed by atoms with Crippen molar-refractivity contribution in [2.24, 2.45) is 22.9 Å². The van der Waals surface area contributed by atoms with Gasteiger partial charge in [0.05, 0.1) is 28.9 Å². The van der Waals surface area contributed by atoms with Crippen LogP contribution in [0.15, 0.2) is 127 Å². The second-order valence-corrected chi connectivity index (χ2v) is 16.7. The Bertz CT molecular complexity index is 2330. The number of allylic oxidation sites excluding steroid dienone is 1. The lowest BCUT2D eigenvalue weighted by atomic mass is 9.55. The molecule has 1 fully saturated rings. The van der Waals surface area contributed by atoms with Crippen LogP contribution < -0.4 is 9.47 Å². The Labute approximate surface area is 374 Å². The number of aliphatic hydroxyl groups excluding tert-OH is 2. The fourth-order valence-electron chi connectivity index (χ4n) is 9.56. The summed E-state index contributed by atoms with van der Waals surface area (Å²) in [7, 11) is 1.73. The molecule has 0 bridgehead atoms. The number of nitro groups is 1. The Balaban J connectivity index is 1.37. The summed E-state index contributed by atoms with van der Waals surface area (Å²) < 4.78 is 20.7. The number of aromatic nitrogens is 1. The molecule has 0 radical (unpaired) electrons. The van der Waals surface area contributed by atoms with E-state index >= 15 is 0 Å². The van der Waals surface area contributed by atoms with Crippen molar-refractivity contribution < 1.29 is 39.0 Å². The number of amides is 1. The number of pyridine rings is 1. The number of rotatable bonds is 21. The summed E-state index contributed by atoms with van der Waals surface area (Å²) in [4.78, 5) is 37.7. The summed E-state index contributed by atoms with van der Waals surface area (Å²) in [5, 5.41) is 36.1. The summed E-state index contributed by atoms with van der Waals surface area (Å²) in [5.74, 6) is -1.12. The Morgan fingerprint density at radius 3 is 2.48 bits per heavy atom. The normalized spacial score (nSPS) is 22.8. The number of carbonyl (C=O) groups excluding carboxylic acids is 1. The van der Waals surface area contributed by atoms with Crippen molar-refractivity contribution in [2.75, 3.05) is 26.9 Å². The first-order valence-electron chi connectivity index (χ1n) is 22.1. The van der Waals surface area contributed by atoms with Crippen LogP contribution in [0.5, 0.6) is 11.5 Å². The molecule has 3 aliphatic rings. The number of nitro benzene ring substituents is 1. The lowest BCUT2D eigenvalue weighted by Gasteiger charge is -2.59. The number of hydrogen-bond donors (Lipinski definition) is 2. The number of nitrogens with zero attached hydrogens (tertiary/aromatic N) is 4. The highest BCUT2D eigenvalue weighted by Gasteiger charge is 2.65. The van der Waals surface area contributed by atoms with Crippen molar-refractivity contribution in [1.82, 2.24) is 9.88 Å². The summed E-state index contributed by atoms with van der Waals surface area (Å²) in [6.45, 7) is 6.76. The molecule has 2 N–H and O–H groups in total. The third-order valence-corrected chi connectivity index (χ3v) is 12.6. The highest BCUT2D eigenvalue weighted by molar-refractivity contribution is 6.03. The van der Waals surface area contributed by atoms with Crippen LogP contribution in [-0.2, 0) is 27.6 Å². The third kappa shape index (κ3) is 10.4. The first-order chi connectivity index (χ1) is 31.1. The number of oxime groups is 1. The van der Waals surface area contributed by atoms with Gasteiger partial charge in [-0.15, -0.1) is 6.58 Å². The summed E-state index contributed by atoms with van der Waals surface area (Å²) in [6, 6.07) is 26.8. The SMILES string of the molecule is C=CCOC12Oc3ccc(OCc4cccc(C)n4)cc3C3C(CCCCO)C(CCCCO)C=C(C(=NOCc4ccccc4)CC1N(C)C(=O)C=Cc1ccc([N+](=O)[O-])cc1)C32. The van der Waals surface area contributed by atoms with Crippen LogP contribution >= 0.6 is 0 Å². The molecule has 7 rings (SSSR count). The van der Waals surface area contributed by atoms with Gasteiger partial charge in [-0.25, -0.2) is 0 Å². The number of non-ortho nitro benzene ring substituents is 1. The quantitative estimate of drug-likeness (QED) is 0.0272. The fraction of sp³-hybridized carbons (Fsp3) is 0.392. The average Bonchev–Trinajstić information content (AvgIpc) is 3.31. The number of carbonyl (C=O) groups is 1. The minimum Gasteiger partial charge on any atom is -0.487 e. The zero-order chi connectivity index (χ0) is 45.1. The van der Waals surface area contributed by atoms with Gasteiger partial charge in [-0.2, -0.15) is 0 Å². The van der Waals surface area contributed by atoms with Crippen LogP contribution in [0.25, 0.3) is 6.08 Å². The van der Waals surface area contributed by atoms with Crippen molar-refractivity contribution in [3.8, 4) is 11.5 Å². The lowest BCUT2D eigenvalue weighted by molar-refractivity contribution is -0.384. The van der Waals surface area contributed by atoms with Gasteiger partial charge in [0.25, 0.3) is 5.69 Å². The maximum Gasteiger partial charge on any atom is 0.269 e. The summed E-state index contributed by atoms with van der Waals surface area (Å²) in [6.07, 6.45) is 11.8.